The summed E-state index contributed by atoms with van der Waals surface area (Å²) in [5, 5.41) is 36.6. The zero-order valence-electron chi connectivity index (χ0n) is 9.92. The summed E-state index contributed by atoms with van der Waals surface area (Å²) < 4.78 is 6.75. The molecule has 19 heavy (non-hydrogen) atoms. The lowest BCUT2D eigenvalue weighted by molar-refractivity contribution is -0.0572. The van der Waals surface area contributed by atoms with Crippen LogP contribution in [-0.2, 0) is 4.74 Å². The summed E-state index contributed by atoms with van der Waals surface area (Å²) >= 11 is 0. The fourth-order valence-electron chi connectivity index (χ4n) is 2.25. The Hall–Kier alpha value is -1.74. The molecule has 0 radical (unpaired) electrons. The molecule has 2 heterocycles. The zero-order chi connectivity index (χ0) is 13.6. The first-order chi connectivity index (χ1) is 9.13. The van der Waals surface area contributed by atoms with E-state index in [4.69, 9.17) is 15.6 Å². The van der Waals surface area contributed by atoms with Gasteiger partial charge in [-0.05, 0) is 12.1 Å². The van der Waals surface area contributed by atoms with E-state index in [1.54, 1.807) is 18.2 Å². The van der Waals surface area contributed by atoms with Gasteiger partial charge in [-0.25, -0.2) is 4.68 Å². The summed E-state index contributed by atoms with van der Waals surface area (Å²) in [6.07, 6.45) is -4.11. The maximum absolute atomic E-state index is 9.95. The predicted octanol–water partition coefficient (Wildman–Crippen LogP) is -1.38. The first-order valence-corrected chi connectivity index (χ1v) is 5.85. The largest absolute Gasteiger partial charge is 0.397 e. The van der Waals surface area contributed by atoms with E-state index in [2.05, 4.69) is 10.3 Å². The first-order valence-electron chi connectivity index (χ1n) is 5.85. The highest BCUT2D eigenvalue weighted by Crippen LogP contribution is 2.31. The zero-order valence-corrected chi connectivity index (χ0v) is 9.92. The molecule has 0 spiro atoms. The first kappa shape index (κ1) is 12.3. The number of hydrogen-bond acceptors (Lipinski definition) is 7. The highest BCUT2D eigenvalue weighted by Gasteiger charge is 2.44. The molecule has 2 aromatic rings. The molecule has 8 nitrogen and oxygen atoms in total. The van der Waals surface area contributed by atoms with Crippen LogP contribution < -0.4 is 5.73 Å². The standard InChI is InChI=1S/C11H14N4O4/c12-5-2-1-3-6-8(5)13-14-15(6)11-10(18)9(17)7(4-16)19-11/h1-3,7,9-11,16-18H,4,12H2/t7-,9-,10-,11-/m1/s1. The van der Waals surface area contributed by atoms with Gasteiger partial charge in [-0.2, -0.15) is 0 Å². The quantitative estimate of drug-likeness (QED) is 0.494. The van der Waals surface area contributed by atoms with Gasteiger partial charge in [-0.3, -0.25) is 0 Å². The van der Waals surface area contributed by atoms with Gasteiger partial charge in [0.05, 0.1) is 17.8 Å². The van der Waals surface area contributed by atoms with Crippen LogP contribution in [0, 0.1) is 0 Å². The Kier molecular flexibility index (Phi) is 2.86. The lowest BCUT2D eigenvalue weighted by Crippen LogP contribution is -2.33. The number of nitrogen functional groups attached to an aromatic ring is 1. The minimum atomic E-state index is -1.19. The minimum absolute atomic E-state index is 0.385. The molecule has 1 aliphatic rings. The average Bonchev–Trinajstić information content (AvgIpc) is 2.94. The Morgan fingerprint density at radius 3 is 2.79 bits per heavy atom. The van der Waals surface area contributed by atoms with Crippen molar-refractivity contribution in [3.63, 3.8) is 0 Å². The van der Waals surface area contributed by atoms with Crippen molar-refractivity contribution in [2.45, 2.75) is 24.5 Å². The topological polar surface area (TPSA) is 127 Å². The highest BCUT2D eigenvalue weighted by molar-refractivity contribution is 5.86. The summed E-state index contributed by atoms with van der Waals surface area (Å²) in [6.45, 7) is -0.385. The summed E-state index contributed by atoms with van der Waals surface area (Å²) in [5.74, 6) is 0. The van der Waals surface area contributed by atoms with Gasteiger partial charge in [-0.15, -0.1) is 5.10 Å². The molecule has 0 aliphatic carbocycles. The molecule has 0 amide bonds. The lowest BCUT2D eigenvalue weighted by atomic mass is 10.1. The molecule has 8 heteroatoms. The summed E-state index contributed by atoms with van der Waals surface area (Å²) in [7, 11) is 0. The van der Waals surface area contributed by atoms with Gasteiger partial charge in [0.15, 0.2) is 6.23 Å². The molecule has 1 saturated heterocycles. The molecule has 1 aromatic heterocycles. The fourth-order valence-corrected chi connectivity index (χ4v) is 2.25. The lowest BCUT2D eigenvalue weighted by Gasteiger charge is -2.15. The molecule has 4 atom stereocenters. The number of nitrogens with zero attached hydrogens (tertiary/aromatic N) is 3. The number of aromatic nitrogens is 3. The number of hydrogen-bond donors (Lipinski definition) is 4. The molecular formula is C11H14N4O4. The smallest absolute Gasteiger partial charge is 0.181 e. The van der Waals surface area contributed by atoms with Crippen molar-refractivity contribution in [2.24, 2.45) is 0 Å². The maximum atomic E-state index is 9.95. The number of ether oxygens (including phenoxy) is 1. The van der Waals surface area contributed by atoms with Crippen LogP contribution in [0.2, 0.25) is 0 Å². The number of rotatable bonds is 2. The molecule has 102 valence electrons. The molecule has 3 rings (SSSR count). The second kappa shape index (κ2) is 4.42. The van der Waals surface area contributed by atoms with Crippen LogP contribution in [0.15, 0.2) is 18.2 Å². The number of nitrogens with two attached hydrogens (primary N) is 1. The van der Waals surface area contributed by atoms with Crippen LogP contribution >= 0.6 is 0 Å². The summed E-state index contributed by atoms with van der Waals surface area (Å²) in [5.41, 5.74) is 7.34. The van der Waals surface area contributed by atoms with Crippen LogP contribution in [0.25, 0.3) is 11.0 Å². The normalized spacial score (nSPS) is 31.1. The summed E-state index contributed by atoms with van der Waals surface area (Å²) in [4.78, 5) is 0. The van der Waals surface area contributed by atoms with Crippen LogP contribution in [0.1, 0.15) is 6.23 Å². The molecule has 0 saturated carbocycles. The second-order valence-corrected chi connectivity index (χ2v) is 4.48. The third kappa shape index (κ3) is 1.77. The monoisotopic (exact) mass is 266 g/mol. The summed E-state index contributed by atoms with van der Waals surface area (Å²) in [6, 6.07) is 5.16. The van der Waals surface area contributed by atoms with Gasteiger partial charge in [0.1, 0.15) is 23.8 Å². The maximum Gasteiger partial charge on any atom is 0.181 e. The fraction of sp³-hybridized carbons (Fsp3) is 0.455. The number of benzene rings is 1. The van der Waals surface area contributed by atoms with Crippen LogP contribution in [-0.4, -0.2) is 55.2 Å². The highest BCUT2D eigenvalue weighted by atomic mass is 16.6. The van der Waals surface area contributed by atoms with E-state index in [1.807, 2.05) is 0 Å². The molecule has 1 aliphatic heterocycles. The number of anilines is 1. The van der Waals surface area contributed by atoms with E-state index >= 15 is 0 Å². The molecular weight excluding hydrogens is 252 g/mol. The van der Waals surface area contributed by atoms with Gasteiger partial charge in [0.2, 0.25) is 0 Å². The van der Waals surface area contributed by atoms with Gasteiger partial charge < -0.3 is 25.8 Å². The van der Waals surface area contributed by atoms with E-state index in [0.29, 0.717) is 16.7 Å². The molecule has 5 N–H and O–H groups in total. The van der Waals surface area contributed by atoms with E-state index in [9.17, 15) is 10.2 Å². The van der Waals surface area contributed by atoms with E-state index < -0.39 is 24.5 Å². The Morgan fingerprint density at radius 1 is 1.32 bits per heavy atom. The number of aliphatic hydroxyl groups is 3. The van der Waals surface area contributed by atoms with Gasteiger partial charge in [0, 0.05) is 0 Å². The second-order valence-electron chi connectivity index (χ2n) is 4.48. The van der Waals surface area contributed by atoms with Crippen molar-refractivity contribution in [1.82, 2.24) is 15.0 Å². The molecule has 0 unspecified atom stereocenters. The Labute approximate surface area is 108 Å². The van der Waals surface area contributed by atoms with Crippen LogP contribution in [0.3, 0.4) is 0 Å². The molecule has 1 fully saturated rings. The van der Waals surface area contributed by atoms with E-state index in [1.165, 1.54) is 4.68 Å². The third-order valence-electron chi connectivity index (χ3n) is 3.29. The van der Waals surface area contributed by atoms with Crippen molar-refractivity contribution in [3.8, 4) is 0 Å². The predicted molar refractivity (Wildman–Crippen MR) is 64.9 cm³/mol. The Bertz CT molecular complexity index is 601. The van der Waals surface area contributed by atoms with Crippen LogP contribution in [0.5, 0.6) is 0 Å². The SMILES string of the molecule is Nc1cccc2c1nnn2[C@@H]1O[C@H](CO)[C@@H](O)[C@H]1O. The van der Waals surface area contributed by atoms with Crippen molar-refractivity contribution < 1.29 is 20.1 Å². The minimum Gasteiger partial charge on any atom is -0.397 e. The van der Waals surface area contributed by atoms with E-state index in [-0.39, 0.29) is 6.61 Å². The van der Waals surface area contributed by atoms with Crippen LogP contribution in [0.4, 0.5) is 5.69 Å². The van der Waals surface area contributed by atoms with Gasteiger partial charge in [0.25, 0.3) is 0 Å². The van der Waals surface area contributed by atoms with E-state index in [0.717, 1.165) is 0 Å². The van der Waals surface area contributed by atoms with Gasteiger partial charge >= 0.3 is 0 Å². The Balaban J connectivity index is 2.04. The average molecular weight is 266 g/mol. The molecule has 1 aromatic carbocycles. The van der Waals surface area contributed by atoms with Crippen molar-refractivity contribution in [3.05, 3.63) is 18.2 Å². The van der Waals surface area contributed by atoms with Crippen molar-refractivity contribution >= 4 is 16.7 Å². The number of aliphatic hydroxyl groups excluding tert-OH is 3. The number of fused-ring (bicyclic) bond motifs is 1. The third-order valence-corrected chi connectivity index (χ3v) is 3.29. The van der Waals surface area contributed by atoms with Crippen molar-refractivity contribution in [2.75, 3.05) is 12.3 Å². The van der Waals surface area contributed by atoms with Crippen molar-refractivity contribution in [1.29, 1.82) is 0 Å². The molecule has 0 bridgehead atoms. The Morgan fingerprint density at radius 2 is 2.11 bits per heavy atom. The van der Waals surface area contributed by atoms with Gasteiger partial charge in [-0.1, -0.05) is 11.3 Å².